The first-order valence-electron chi connectivity index (χ1n) is 10.0. The quantitative estimate of drug-likeness (QED) is 0.468. The van der Waals surface area contributed by atoms with Crippen molar-refractivity contribution in [2.75, 3.05) is 7.05 Å². The largest absolute Gasteiger partial charge is 0.416 e. The zero-order chi connectivity index (χ0) is 22.9. The van der Waals surface area contributed by atoms with Crippen LogP contribution in [-0.2, 0) is 32.5 Å². The van der Waals surface area contributed by atoms with Crippen molar-refractivity contribution in [1.82, 2.24) is 25.1 Å². The summed E-state index contributed by atoms with van der Waals surface area (Å²) in [6.45, 7) is 0. The number of amidine groups is 1. The van der Waals surface area contributed by atoms with Gasteiger partial charge in [0.25, 0.3) is 5.95 Å². The van der Waals surface area contributed by atoms with Gasteiger partial charge in [0.1, 0.15) is 5.84 Å². The van der Waals surface area contributed by atoms with Crippen LogP contribution in [0.1, 0.15) is 28.1 Å². The minimum absolute atomic E-state index is 0.212. The van der Waals surface area contributed by atoms with E-state index in [9.17, 15) is 13.2 Å². The number of aliphatic imine (C=N–C) groups is 1. The number of alkyl halides is 3. The number of hydrogen-bond acceptors (Lipinski definition) is 5. The van der Waals surface area contributed by atoms with Crippen LogP contribution in [-0.4, -0.2) is 32.6 Å². The molecule has 166 valence electrons. The Balaban J connectivity index is 1.75. The summed E-state index contributed by atoms with van der Waals surface area (Å²) in [4.78, 5) is 13.1. The fourth-order valence-electron chi connectivity index (χ4n) is 3.75. The number of nitrogens with zero attached hydrogens (tertiary/aromatic N) is 5. The number of aromatic nitrogens is 4. The Kier molecular flexibility index (Phi) is 5.68. The Hall–Kier alpha value is -3.69. The predicted octanol–water partition coefficient (Wildman–Crippen LogP) is 3.31. The van der Waals surface area contributed by atoms with E-state index in [2.05, 4.69) is 25.4 Å². The van der Waals surface area contributed by atoms with Gasteiger partial charge in [-0.25, -0.2) is 9.97 Å². The summed E-state index contributed by atoms with van der Waals surface area (Å²) in [5.74, 6) is 0.453. The lowest BCUT2D eigenvalue weighted by atomic mass is 9.91. The molecule has 3 aromatic rings. The maximum Gasteiger partial charge on any atom is 0.416 e. The van der Waals surface area contributed by atoms with Crippen LogP contribution >= 0.6 is 0 Å². The molecule has 3 N–H and O–H groups in total. The molecule has 2 heterocycles. The van der Waals surface area contributed by atoms with Gasteiger partial charge in [0.2, 0.25) is 0 Å². The molecule has 0 bridgehead atoms. The molecule has 0 aliphatic heterocycles. The number of halogens is 3. The van der Waals surface area contributed by atoms with E-state index in [-0.39, 0.29) is 18.2 Å². The second-order valence-corrected chi connectivity index (χ2v) is 7.47. The van der Waals surface area contributed by atoms with E-state index >= 15 is 0 Å². The van der Waals surface area contributed by atoms with Gasteiger partial charge in [-0.3, -0.25) is 4.68 Å². The number of rotatable bonds is 5. The van der Waals surface area contributed by atoms with Crippen LogP contribution in [0.2, 0.25) is 0 Å². The monoisotopic (exact) mass is 441 g/mol. The summed E-state index contributed by atoms with van der Waals surface area (Å²) < 4.78 is 41.2. The minimum Gasteiger partial charge on any atom is -0.394 e. The molecule has 0 radical (unpaired) electrons. The van der Waals surface area contributed by atoms with Crippen molar-refractivity contribution in [3.05, 3.63) is 70.8 Å². The molecular weight excluding hydrogens is 419 g/mol. The number of benzene rings is 1. The van der Waals surface area contributed by atoms with Gasteiger partial charge < -0.3 is 11.1 Å². The minimum atomic E-state index is -4.39. The maximum absolute atomic E-state index is 13.2. The maximum atomic E-state index is 13.2. The molecule has 0 fully saturated rings. The highest BCUT2D eigenvalue weighted by Gasteiger charge is 2.31. The van der Waals surface area contributed by atoms with Crippen LogP contribution in [0, 0.1) is 0 Å². The SMILES string of the molecule is CN/C=C\C(N)=N/c1ncc2c(n1)-c1c(nn(C)c1Cc1cccc(C(F)(F)F)c1)CC2. The van der Waals surface area contributed by atoms with Crippen molar-refractivity contribution in [3.63, 3.8) is 0 Å². The average molecular weight is 441 g/mol. The molecule has 7 nitrogen and oxygen atoms in total. The predicted molar refractivity (Wildman–Crippen MR) is 115 cm³/mol. The van der Waals surface area contributed by atoms with Crippen LogP contribution in [0.3, 0.4) is 0 Å². The van der Waals surface area contributed by atoms with Crippen molar-refractivity contribution in [3.8, 4) is 11.3 Å². The highest BCUT2D eigenvalue weighted by Crippen LogP contribution is 2.36. The standard InChI is InChI=1S/C22H22F3N7/c1-27-9-8-18(26)29-21-28-12-14-6-7-16-19(20(14)30-21)17(32(2)31-16)11-13-4-3-5-15(10-13)22(23,24)25/h3-5,8-10,12,27H,6-7,11H2,1-2H3,(H2,26,28,29,30)/b9-8-. The van der Waals surface area contributed by atoms with Gasteiger partial charge in [0, 0.05) is 32.3 Å². The average Bonchev–Trinajstić information content (AvgIpc) is 3.07. The topological polar surface area (TPSA) is 94.0 Å². The van der Waals surface area contributed by atoms with Gasteiger partial charge in [-0.1, -0.05) is 18.2 Å². The van der Waals surface area contributed by atoms with Crippen molar-refractivity contribution in [1.29, 1.82) is 0 Å². The smallest absolute Gasteiger partial charge is 0.394 e. The molecule has 1 aliphatic rings. The Labute approximate surface area is 182 Å². The van der Waals surface area contributed by atoms with Gasteiger partial charge in [0.15, 0.2) is 0 Å². The van der Waals surface area contributed by atoms with Gasteiger partial charge >= 0.3 is 6.18 Å². The lowest BCUT2D eigenvalue weighted by Gasteiger charge is -2.16. The second-order valence-electron chi connectivity index (χ2n) is 7.47. The normalized spacial score (nSPS) is 13.8. The molecule has 1 aromatic carbocycles. The Morgan fingerprint density at radius 2 is 2.12 bits per heavy atom. The lowest BCUT2D eigenvalue weighted by Crippen LogP contribution is -2.11. The molecular formula is C22H22F3N7. The number of fused-ring (bicyclic) bond motifs is 3. The van der Waals surface area contributed by atoms with Crippen LogP contribution in [0.15, 0.2) is 47.7 Å². The molecule has 0 saturated heterocycles. The van der Waals surface area contributed by atoms with Gasteiger partial charge in [0.05, 0.1) is 22.6 Å². The molecule has 10 heteroatoms. The van der Waals surface area contributed by atoms with Crippen LogP contribution in [0.4, 0.5) is 19.1 Å². The number of nitrogens with one attached hydrogen (secondary N) is 1. The summed E-state index contributed by atoms with van der Waals surface area (Å²) >= 11 is 0. The number of hydrogen-bond donors (Lipinski definition) is 2. The number of aryl methyl sites for hydroxylation is 3. The molecule has 0 amide bonds. The van der Waals surface area contributed by atoms with E-state index in [1.165, 1.54) is 12.1 Å². The molecule has 0 atom stereocenters. The third-order valence-electron chi connectivity index (χ3n) is 5.23. The zero-order valence-corrected chi connectivity index (χ0v) is 17.6. The summed E-state index contributed by atoms with van der Waals surface area (Å²) in [5, 5.41) is 7.43. The Morgan fingerprint density at radius 3 is 2.88 bits per heavy atom. The summed E-state index contributed by atoms with van der Waals surface area (Å²) in [6.07, 6.45) is 2.29. The first-order valence-corrected chi connectivity index (χ1v) is 10.0. The first-order chi connectivity index (χ1) is 15.3. The van der Waals surface area contributed by atoms with Crippen LogP contribution in [0.5, 0.6) is 0 Å². The fourth-order valence-corrected chi connectivity index (χ4v) is 3.75. The van der Waals surface area contributed by atoms with Crippen molar-refractivity contribution in [2.45, 2.75) is 25.4 Å². The van der Waals surface area contributed by atoms with E-state index < -0.39 is 11.7 Å². The second kappa shape index (κ2) is 8.45. The molecule has 4 rings (SSSR count). The molecule has 0 saturated carbocycles. The highest BCUT2D eigenvalue weighted by atomic mass is 19.4. The summed E-state index contributed by atoms with van der Waals surface area (Å²) in [6, 6.07) is 5.35. The molecule has 2 aromatic heterocycles. The molecule has 0 spiro atoms. The van der Waals surface area contributed by atoms with Gasteiger partial charge in [-0.2, -0.15) is 23.3 Å². The van der Waals surface area contributed by atoms with Crippen molar-refractivity contribution in [2.24, 2.45) is 17.8 Å². The first kappa shape index (κ1) is 21.5. The van der Waals surface area contributed by atoms with E-state index in [4.69, 9.17) is 5.73 Å². The third kappa shape index (κ3) is 4.34. The molecule has 1 aliphatic carbocycles. The highest BCUT2D eigenvalue weighted by molar-refractivity contribution is 5.92. The summed E-state index contributed by atoms with van der Waals surface area (Å²) in [7, 11) is 3.54. The lowest BCUT2D eigenvalue weighted by molar-refractivity contribution is -0.137. The van der Waals surface area contributed by atoms with E-state index in [0.29, 0.717) is 17.7 Å². The van der Waals surface area contributed by atoms with Crippen LogP contribution in [0.25, 0.3) is 11.3 Å². The van der Waals surface area contributed by atoms with Gasteiger partial charge in [-0.15, -0.1) is 0 Å². The third-order valence-corrected chi connectivity index (χ3v) is 5.23. The Bertz CT molecular complexity index is 1210. The number of nitrogens with two attached hydrogens (primary N) is 1. The van der Waals surface area contributed by atoms with Gasteiger partial charge in [-0.05, 0) is 42.3 Å². The van der Waals surface area contributed by atoms with Crippen LogP contribution < -0.4 is 11.1 Å². The molecule has 32 heavy (non-hydrogen) atoms. The fraction of sp³-hybridized carbons (Fsp3) is 0.273. The Morgan fingerprint density at radius 1 is 1.31 bits per heavy atom. The van der Waals surface area contributed by atoms with Crippen molar-refractivity contribution >= 4 is 11.8 Å². The van der Waals surface area contributed by atoms with E-state index in [1.807, 2.05) is 0 Å². The summed E-state index contributed by atoms with van der Waals surface area (Å²) in [5.41, 5.74) is 9.87. The van der Waals surface area contributed by atoms with E-state index in [1.54, 1.807) is 43.3 Å². The zero-order valence-electron chi connectivity index (χ0n) is 17.6. The van der Waals surface area contributed by atoms with Crippen molar-refractivity contribution < 1.29 is 13.2 Å². The molecule has 0 unspecified atom stereocenters. The van der Waals surface area contributed by atoms with E-state index in [0.717, 1.165) is 35.0 Å².